The average Bonchev–Trinajstić information content (AvgIpc) is 3.29. The highest BCUT2D eigenvalue weighted by atomic mass is 35.5. The van der Waals surface area contributed by atoms with Gasteiger partial charge in [-0.25, -0.2) is 9.97 Å². The van der Waals surface area contributed by atoms with Gasteiger partial charge in [0.25, 0.3) is 0 Å². The molecule has 0 bridgehead atoms. The Balaban J connectivity index is 2.04. The minimum absolute atomic E-state index is 0.164. The number of rotatable bonds is 30. The number of halogens is 2. The summed E-state index contributed by atoms with van der Waals surface area (Å²) in [4.78, 5) is 131. The van der Waals surface area contributed by atoms with Crippen LogP contribution in [0.4, 0.5) is 0 Å². The smallest absolute Gasteiger partial charge is 0.322 e. The molecule has 67 heavy (non-hydrogen) atoms. The van der Waals surface area contributed by atoms with Gasteiger partial charge in [-0.3, -0.25) is 53.1 Å². The lowest BCUT2D eigenvalue weighted by atomic mass is 9.76. The molecule has 1 saturated carbocycles. The van der Waals surface area contributed by atoms with Gasteiger partial charge in [-0.15, -0.1) is 46.7 Å². The predicted octanol–water partition coefficient (Wildman–Crippen LogP) is 0.833. The number of hydrogen-bond acceptors (Lipinski definition) is 19. The quantitative estimate of drug-likeness (QED) is 0.0383. The van der Waals surface area contributed by atoms with E-state index in [0.29, 0.717) is 40.7 Å². The van der Waals surface area contributed by atoms with Crippen LogP contribution in [0.2, 0.25) is 0 Å². The van der Waals surface area contributed by atoms with Gasteiger partial charge >= 0.3 is 23.9 Å². The van der Waals surface area contributed by atoms with E-state index in [0.717, 1.165) is 23.5 Å². The van der Waals surface area contributed by atoms with Crippen LogP contribution >= 0.6 is 70.2 Å². The highest BCUT2D eigenvalue weighted by Crippen LogP contribution is 2.48. The Bertz CT molecular complexity index is 1910. The van der Waals surface area contributed by atoms with Crippen molar-refractivity contribution in [3.05, 3.63) is 36.2 Å². The van der Waals surface area contributed by atoms with Crippen molar-refractivity contribution in [1.82, 2.24) is 41.2 Å². The zero-order chi connectivity index (χ0) is 49.6. The molecule has 29 heteroatoms. The summed E-state index contributed by atoms with van der Waals surface area (Å²) in [7, 11) is 0. The lowest BCUT2D eigenvalue weighted by Gasteiger charge is -2.36. The second-order valence-corrected chi connectivity index (χ2v) is 20.1. The maximum absolute atomic E-state index is 15.1. The number of aliphatic carboxylic acids is 4. The molecule has 0 aromatic carbocycles. The summed E-state index contributed by atoms with van der Waals surface area (Å²) < 4.78 is 0. The van der Waals surface area contributed by atoms with Gasteiger partial charge in [0, 0.05) is 36.2 Å². The Morgan fingerprint density at radius 2 is 1.03 bits per heavy atom. The van der Waals surface area contributed by atoms with Gasteiger partial charge in [0.05, 0.1) is 57.1 Å². The summed E-state index contributed by atoms with van der Waals surface area (Å²) in [5, 5.41) is 45.9. The summed E-state index contributed by atoms with van der Waals surface area (Å²) in [6.45, 7) is -1.56. The first kappa shape index (κ1) is 56.8. The molecule has 12 N–H and O–H groups in total. The number of carbonyl (C=O) groups excluding carboxylic acids is 5. The van der Waals surface area contributed by atoms with Crippen molar-refractivity contribution in [2.24, 2.45) is 23.3 Å². The van der Waals surface area contributed by atoms with Crippen LogP contribution in [0.1, 0.15) is 66.8 Å². The summed E-state index contributed by atoms with van der Waals surface area (Å²) in [5.74, 6) is -11.1. The molecule has 2 aromatic heterocycles. The van der Waals surface area contributed by atoms with E-state index < -0.39 is 107 Å². The molecule has 2 heterocycles. The number of thioether (sulfide) groups is 4. The molecular weight excluding hydrogens is 1000 g/mol. The minimum atomic E-state index is -1.38. The van der Waals surface area contributed by atoms with E-state index in [-0.39, 0.29) is 53.4 Å². The fourth-order valence-corrected chi connectivity index (χ4v) is 10.7. The summed E-state index contributed by atoms with van der Waals surface area (Å²) in [6, 6.07) is -5.49. The molecule has 1 fully saturated rings. The molecule has 0 spiro atoms. The summed E-state index contributed by atoms with van der Waals surface area (Å²) in [6.07, 6.45) is 5.61. The standard InChI is InChI=1S/C38H50Cl2N10O13S4/c39-16-66-28-10-43-22(8-45-28)33(64-14-24(35(58)47-12-30(53)54)49-26(51)6-4-20(41)37(60)61)18-2-1-3-19(32(18)57)34(23-9-46-29(11-44-23)67-17-40)65-15-25(36(59)48-13-31(55)56)50-27(52)7-5-21(42)38(62)63/h8-11,18-21,24-25,33-34H,1-7,12-17,41-42H2,(H,47,58)(H,48,59)(H,49,51)(H,50,52)(H,53,54)(H,55,56)(H,60,61)(H,62,63). The third-order valence-corrected chi connectivity index (χ3v) is 14.6. The van der Waals surface area contributed by atoms with E-state index in [4.69, 9.17) is 44.9 Å². The molecule has 2 aromatic rings. The van der Waals surface area contributed by atoms with Gasteiger partial charge in [0.2, 0.25) is 23.6 Å². The number of carbonyl (C=O) groups is 9. The van der Waals surface area contributed by atoms with Gasteiger partial charge in [-0.05, 0) is 25.7 Å². The SMILES string of the molecule is NC(CCC(=O)NC(CSC(c1cnc(SCCl)cn1)C1CCCC(C(SCC(NC(=O)CCC(N)C(=O)O)C(=O)NCC(=O)O)c2cnc(SCCl)cn2)C1=O)C(=O)NCC(=O)O)C(=O)O. The lowest BCUT2D eigenvalue weighted by molar-refractivity contribution is -0.140. The van der Waals surface area contributed by atoms with Crippen molar-refractivity contribution in [1.29, 1.82) is 0 Å². The van der Waals surface area contributed by atoms with Gasteiger partial charge in [0.1, 0.15) is 53.1 Å². The van der Waals surface area contributed by atoms with Crippen LogP contribution in [0.25, 0.3) is 0 Å². The van der Waals surface area contributed by atoms with Crippen LogP contribution in [-0.4, -0.2) is 153 Å². The Labute approximate surface area is 410 Å². The second kappa shape index (κ2) is 29.4. The second-order valence-electron chi connectivity index (χ2n) is 14.6. The first-order valence-electron chi connectivity index (χ1n) is 20.2. The van der Waals surface area contributed by atoms with Crippen molar-refractivity contribution in [2.75, 3.05) is 35.0 Å². The fraction of sp³-hybridized carbons (Fsp3) is 0.553. The summed E-state index contributed by atoms with van der Waals surface area (Å²) >= 11 is 16.3. The molecule has 368 valence electrons. The van der Waals surface area contributed by atoms with E-state index in [2.05, 4.69) is 41.2 Å². The molecule has 4 amide bonds. The number of nitrogens with two attached hydrogens (primary N) is 2. The monoisotopic (exact) mass is 1050 g/mol. The number of ketones is 1. The van der Waals surface area contributed by atoms with E-state index in [1.54, 1.807) is 0 Å². The van der Waals surface area contributed by atoms with Crippen LogP contribution in [0.5, 0.6) is 0 Å². The van der Waals surface area contributed by atoms with Gasteiger partial charge in [-0.2, -0.15) is 0 Å². The van der Waals surface area contributed by atoms with Gasteiger partial charge in [0.15, 0.2) is 0 Å². The van der Waals surface area contributed by atoms with E-state index >= 15 is 4.79 Å². The Morgan fingerprint density at radius 1 is 0.642 bits per heavy atom. The first-order chi connectivity index (χ1) is 31.8. The molecule has 8 atom stereocenters. The van der Waals surface area contributed by atoms with Crippen LogP contribution < -0.4 is 32.7 Å². The fourth-order valence-electron chi connectivity index (χ4n) is 6.43. The Kier molecular flexibility index (Phi) is 24.9. The van der Waals surface area contributed by atoms with Crippen molar-refractivity contribution in [3.8, 4) is 0 Å². The van der Waals surface area contributed by atoms with Gasteiger partial charge in [-0.1, -0.05) is 29.9 Å². The number of amides is 4. The highest BCUT2D eigenvalue weighted by Gasteiger charge is 2.43. The average molecular weight is 1050 g/mol. The Hall–Kier alpha value is -4.51. The van der Waals surface area contributed by atoms with Crippen molar-refractivity contribution >= 4 is 124 Å². The maximum atomic E-state index is 15.1. The topological polar surface area (TPSA) is 386 Å². The van der Waals surface area contributed by atoms with Crippen LogP contribution in [0.3, 0.4) is 0 Å². The molecule has 1 aliphatic rings. The van der Waals surface area contributed by atoms with E-state index in [1.165, 1.54) is 48.3 Å². The number of carboxylic acids is 4. The normalized spacial score (nSPS) is 17.4. The molecule has 1 aliphatic carbocycles. The van der Waals surface area contributed by atoms with E-state index in [1.807, 2.05) is 0 Å². The van der Waals surface area contributed by atoms with E-state index in [9.17, 15) is 48.6 Å². The Morgan fingerprint density at radius 3 is 1.34 bits per heavy atom. The molecule has 3 rings (SSSR count). The number of hydrogen-bond donors (Lipinski definition) is 10. The van der Waals surface area contributed by atoms with Crippen molar-refractivity contribution in [3.63, 3.8) is 0 Å². The lowest BCUT2D eigenvalue weighted by Crippen LogP contribution is -2.50. The molecule has 0 saturated heterocycles. The molecule has 0 radical (unpaired) electrons. The number of carboxylic acid groups (broad SMARTS) is 4. The molecule has 0 aliphatic heterocycles. The largest absolute Gasteiger partial charge is 0.480 e. The van der Waals surface area contributed by atoms with Crippen LogP contribution in [-0.2, 0) is 43.2 Å². The zero-order valence-corrected chi connectivity index (χ0v) is 40.2. The third kappa shape index (κ3) is 19.6. The minimum Gasteiger partial charge on any atom is -0.480 e. The maximum Gasteiger partial charge on any atom is 0.322 e. The van der Waals surface area contributed by atoms with Gasteiger partial charge < -0.3 is 53.2 Å². The third-order valence-electron chi connectivity index (χ3n) is 9.79. The van der Waals surface area contributed by atoms with Crippen molar-refractivity contribution in [2.45, 2.75) is 89.7 Å². The first-order valence-corrected chi connectivity index (χ1v) is 25.3. The molecule has 8 unspecified atom stereocenters. The highest BCUT2D eigenvalue weighted by molar-refractivity contribution is 8.00. The number of aromatic nitrogens is 4. The summed E-state index contributed by atoms with van der Waals surface area (Å²) in [5.41, 5.74) is 11.8. The number of nitrogens with zero attached hydrogens (tertiary/aromatic N) is 4. The zero-order valence-electron chi connectivity index (χ0n) is 35.4. The number of nitrogens with one attached hydrogen (secondary N) is 4. The number of alkyl halides is 2. The van der Waals surface area contributed by atoms with Crippen LogP contribution in [0.15, 0.2) is 34.8 Å². The molecular formula is C38H50Cl2N10O13S4. The number of Topliss-reactive ketones (excluding diaryl/α,β-unsaturated/α-hetero) is 1. The van der Waals surface area contributed by atoms with Crippen LogP contribution in [0, 0.1) is 11.8 Å². The predicted molar refractivity (Wildman–Crippen MR) is 248 cm³/mol. The van der Waals surface area contributed by atoms with Crippen molar-refractivity contribution < 1.29 is 63.6 Å². The molecule has 23 nitrogen and oxygen atoms in total.